The van der Waals surface area contributed by atoms with E-state index in [4.69, 9.17) is 14.2 Å². The molecule has 1 aromatic carbocycles. The third-order valence-corrected chi connectivity index (χ3v) is 2.48. The Kier molecular flexibility index (Phi) is 8.16. The third kappa shape index (κ3) is 8.12. The van der Waals surface area contributed by atoms with E-state index in [1.165, 1.54) is 19.4 Å². The highest BCUT2D eigenvalue weighted by molar-refractivity contribution is 5.81. The van der Waals surface area contributed by atoms with Gasteiger partial charge in [0.25, 0.3) is 0 Å². The highest BCUT2D eigenvalue weighted by Crippen LogP contribution is 2.13. The Morgan fingerprint density at radius 1 is 1.19 bits per heavy atom. The second kappa shape index (κ2) is 9.96. The SMILES string of the molecule is COC(=O)/C=C/Oc1ccc(COCCOC(C)C)cc1. The molecule has 0 aliphatic heterocycles. The normalized spacial score (nSPS) is 11.0. The van der Waals surface area contributed by atoms with Gasteiger partial charge >= 0.3 is 5.97 Å². The lowest BCUT2D eigenvalue weighted by Gasteiger charge is -2.08. The number of rotatable bonds is 9. The van der Waals surface area contributed by atoms with Gasteiger partial charge in [0, 0.05) is 0 Å². The third-order valence-electron chi connectivity index (χ3n) is 2.48. The van der Waals surface area contributed by atoms with Crippen molar-refractivity contribution in [3.05, 3.63) is 42.2 Å². The van der Waals surface area contributed by atoms with Crippen molar-refractivity contribution in [3.63, 3.8) is 0 Å². The number of hydrogen-bond acceptors (Lipinski definition) is 5. The van der Waals surface area contributed by atoms with Crippen molar-refractivity contribution in [1.29, 1.82) is 0 Å². The molecule has 21 heavy (non-hydrogen) atoms. The van der Waals surface area contributed by atoms with E-state index >= 15 is 0 Å². The predicted molar refractivity (Wildman–Crippen MR) is 79.0 cm³/mol. The van der Waals surface area contributed by atoms with E-state index in [1.807, 2.05) is 38.1 Å². The van der Waals surface area contributed by atoms with E-state index in [9.17, 15) is 4.79 Å². The number of ether oxygens (including phenoxy) is 4. The number of benzene rings is 1. The molecular formula is C16H22O5. The highest BCUT2D eigenvalue weighted by Gasteiger charge is 1.97. The van der Waals surface area contributed by atoms with Gasteiger partial charge in [0.1, 0.15) is 5.75 Å². The van der Waals surface area contributed by atoms with Crippen molar-refractivity contribution in [2.75, 3.05) is 20.3 Å². The standard InChI is InChI=1S/C16H22O5/c1-13(2)20-11-10-19-12-14-4-6-15(7-5-14)21-9-8-16(17)18-3/h4-9,13H,10-12H2,1-3H3/b9-8+. The van der Waals surface area contributed by atoms with E-state index in [-0.39, 0.29) is 6.10 Å². The molecule has 5 heteroatoms. The van der Waals surface area contributed by atoms with Crippen LogP contribution in [0.25, 0.3) is 0 Å². The number of hydrogen-bond donors (Lipinski definition) is 0. The molecule has 0 atom stereocenters. The van der Waals surface area contributed by atoms with Crippen LogP contribution >= 0.6 is 0 Å². The minimum Gasteiger partial charge on any atom is -0.466 e. The zero-order chi connectivity index (χ0) is 15.5. The van der Waals surface area contributed by atoms with Gasteiger partial charge in [-0.2, -0.15) is 0 Å². The lowest BCUT2D eigenvalue weighted by atomic mass is 10.2. The number of carbonyl (C=O) groups excluding carboxylic acids is 1. The van der Waals surface area contributed by atoms with Crippen molar-refractivity contribution in [2.45, 2.75) is 26.6 Å². The molecule has 0 radical (unpaired) electrons. The Morgan fingerprint density at radius 3 is 2.52 bits per heavy atom. The van der Waals surface area contributed by atoms with Gasteiger partial charge < -0.3 is 18.9 Å². The summed E-state index contributed by atoms with van der Waals surface area (Å²) in [5, 5.41) is 0. The van der Waals surface area contributed by atoms with Crippen molar-refractivity contribution in [2.24, 2.45) is 0 Å². The van der Waals surface area contributed by atoms with E-state index < -0.39 is 5.97 Å². The Balaban J connectivity index is 2.27. The van der Waals surface area contributed by atoms with E-state index in [0.29, 0.717) is 25.6 Å². The molecule has 5 nitrogen and oxygen atoms in total. The summed E-state index contributed by atoms with van der Waals surface area (Å²) in [6.07, 6.45) is 2.73. The molecule has 0 unspecified atom stereocenters. The molecule has 0 saturated heterocycles. The summed E-state index contributed by atoms with van der Waals surface area (Å²) in [5.74, 6) is 0.186. The monoisotopic (exact) mass is 294 g/mol. The van der Waals surface area contributed by atoms with Crippen LogP contribution in [-0.4, -0.2) is 32.4 Å². The molecule has 1 rings (SSSR count). The van der Waals surface area contributed by atoms with Crippen LogP contribution in [0, 0.1) is 0 Å². The van der Waals surface area contributed by atoms with Crippen molar-refractivity contribution >= 4 is 5.97 Å². The van der Waals surface area contributed by atoms with Gasteiger partial charge in [-0.15, -0.1) is 0 Å². The van der Waals surface area contributed by atoms with Gasteiger partial charge in [-0.1, -0.05) is 12.1 Å². The zero-order valence-electron chi connectivity index (χ0n) is 12.7. The second-order valence-electron chi connectivity index (χ2n) is 4.56. The van der Waals surface area contributed by atoms with E-state index in [2.05, 4.69) is 4.74 Å². The Morgan fingerprint density at radius 2 is 1.90 bits per heavy atom. The van der Waals surface area contributed by atoms with Gasteiger partial charge in [0.15, 0.2) is 0 Å². The fraction of sp³-hybridized carbons (Fsp3) is 0.438. The lowest BCUT2D eigenvalue weighted by molar-refractivity contribution is -0.134. The summed E-state index contributed by atoms with van der Waals surface area (Å²) in [6.45, 7) is 5.68. The molecule has 0 spiro atoms. The van der Waals surface area contributed by atoms with Crippen LogP contribution in [0.2, 0.25) is 0 Å². The van der Waals surface area contributed by atoms with Crippen LogP contribution < -0.4 is 4.74 Å². The maximum Gasteiger partial charge on any atom is 0.333 e. The summed E-state index contributed by atoms with van der Waals surface area (Å²) in [5.41, 5.74) is 1.05. The fourth-order valence-electron chi connectivity index (χ4n) is 1.43. The Labute approximate surface area is 125 Å². The first-order chi connectivity index (χ1) is 10.1. The van der Waals surface area contributed by atoms with Gasteiger partial charge in [0.05, 0.1) is 45.4 Å². The number of carbonyl (C=O) groups is 1. The smallest absolute Gasteiger partial charge is 0.333 e. The molecule has 0 fully saturated rings. The molecule has 1 aromatic rings. The quantitative estimate of drug-likeness (QED) is 0.303. The number of methoxy groups -OCH3 is 1. The summed E-state index contributed by atoms with van der Waals surface area (Å²) in [7, 11) is 1.31. The number of esters is 1. The summed E-state index contributed by atoms with van der Waals surface area (Å²) in [4.78, 5) is 10.9. The summed E-state index contributed by atoms with van der Waals surface area (Å²) < 4.78 is 20.6. The minimum atomic E-state index is -0.455. The molecule has 0 N–H and O–H groups in total. The molecule has 116 valence electrons. The predicted octanol–water partition coefficient (Wildman–Crippen LogP) is 2.69. The molecule has 0 heterocycles. The Hall–Kier alpha value is -1.85. The van der Waals surface area contributed by atoms with Crippen molar-refractivity contribution in [1.82, 2.24) is 0 Å². The topological polar surface area (TPSA) is 54.0 Å². The molecule has 0 saturated carbocycles. The van der Waals surface area contributed by atoms with Crippen LogP contribution in [0.3, 0.4) is 0 Å². The molecule has 0 aliphatic rings. The van der Waals surface area contributed by atoms with Crippen molar-refractivity contribution < 1.29 is 23.7 Å². The second-order valence-corrected chi connectivity index (χ2v) is 4.56. The van der Waals surface area contributed by atoms with Crippen molar-refractivity contribution in [3.8, 4) is 5.75 Å². The van der Waals surface area contributed by atoms with Gasteiger partial charge in [0.2, 0.25) is 0 Å². The molecule has 0 aliphatic carbocycles. The maximum atomic E-state index is 10.9. The van der Waals surface area contributed by atoms with Gasteiger partial charge in [-0.3, -0.25) is 0 Å². The van der Waals surface area contributed by atoms with E-state index in [1.54, 1.807) is 0 Å². The molecule has 0 bridgehead atoms. The average Bonchev–Trinajstić information content (AvgIpc) is 2.48. The summed E-state index contributed by atoms with van der Waals surface area (Å²) in [6, 6.07) is 7.44. The van der Waals surface area contributed by atoms with Crippen LogP contribution in [0.5, 0.6) is 5.75 Å². The molecule has 0 aromatic heterocycles. The first-order valence-corrected chi connectivity index (χ1v) is 6.81. The van der Waals surface area contributed by atoms with Crippen LogP contribution in [0.1, 0.15) is 19.4 Å². The lowest BCUT2D eigenvalue weighted by Crippen LogP contribution is -2.09. The van der Waals surface area contributed by atoms with Gasteiger partial charge in [-0.25, -0.2) is 4.79 Å². The average molecular weight is 294 g/mol. The zero-order valence-corrected chi connectivity index (χ0v) is 12.7. The minimum absolute atomic E-state index is 0.225. The van der Waals surface area contributed by atoms with Crippen LogP contribution in [0.15, 0.2) is 36.6 Å². The maximum absolute atomic E-state index is 10.9. The first-order valence-electron chi connectivity index (χ1n) is 6.81. The highest BCUT2D eigenvalue weighted by atomic mass is 16.5. The first kappa shape index (κ1) is 17.2. The molecular weight excluding hydrogens is 272 g/mol. The fourth-order valence-corrected chi connectivity index (χ4v) is 1.43. The van der Waals surface area contributed by atoms with Crippen LogP contribution in [0.4, 0.5) is 0 Å². The molecule has 0 amide bonds. The Bertz CT molecular complexity index is 436. The summed E-state index contributed by atoms with van der Waals surface area (Å²) >= 11 is 0. The van der Waals surface area contributed by atoms with E-state index in [0.717, 1.165) is 5.56 Å². The largest absolute Gasteiger partial charge is 0.466 e. The van der Waals surface area contributed by atoms with Gasteiger partial charge in [-0.05, 0) is 31.5 Å². The van der Waals surface area contributed by atoms with Crippen LogP contribution in [-0.2, 0) is 25.6 Å².